The van der Waals surface area contributed by atoms with Crippen LogP contribution in [0.25, 0.3) is 0 Å². The van der Waals surface area contributed by atoms with Crippen LogP contribution in [0, 0.1) is 6.92 Å². The summed E-state index contributed by atoms with van der Waals surface area (Å²) in [6.07, 6.45) is 0. The molecule has 0 aliphatic carbocycles. The average Bonchev–Trinajstić information content (AvgIpc) is 2.80. The van der Waals surface area contributed by atoms with Gasteiger partial charge >= 0.3 is 0 Å². The third-order valence-corrected chi connectivity index (χ3v) is 4.44. The van der Waals surface area contributed by atoms with Crippen molar-refractivity contribution in [2.75, 3.05) is 6.61 Å². The van der Waals surface area contributed by atoms with Crippen LogP contribution in [0.1, 0.15) is 18.3 Å². The van der Waals surface area contributed by atoms with Gasteiger partial charge in [0.1, 0.15) is 5.71 Å². The lowest BCUT2D eigenvalue weighted by molar-refractivity contribution is 0.163. The van der Waals surface area contributed by atoms with E-state index in [0.717, 1.165) is 26.7 Å². The summed E-state index contributed by atoms with van der Waals surface area (Å²) in [5, 5.41) is 13.6. The number of hydrogen-bond donors (Lipinski definition) is 0. The highest BCUT2D eigenvalue weighted by molar-refractivity contribution is 9.10. The van der Waals surface area contributed by atoms with E-state index < -0.39 is 0 Å². The Kier molecular flexibility index (Phi) is 3.91. The van der Waals surface area contributed by atoms with E-state index in [1.54, 1.807) is 4.68 Å². The van der Waals surface area contributed by atoms with Crippen LogP contribution >= 0.6 is 27.7 Å². The lowest BCUT2D eigenvalue weighted by atomic mass is 10.1. The average molecular weight is 353 g/mol. The number of aryl methyl sites for hydroxylation is 1. The van der Waals surface area contributed by atoms with E-state index >= 15 is 0 Å². The summed E-state index contributed by atoms with van der Waals surface area (Å²) < 4.78 is 8.59. The van der Waals surface area contributed by atoms with E-state index in [1.165, 1.54) is 11.8 Å². The lowest BCUT2D eigenvalue weighted by Crippen LogP contribution is -2.27. The fraction of sp³-hybridized carbons (Fsp3) is 0.308. The minimum atomic E-state index is -0.155. The Hall–Kier alpha value is -1.18. The number of thioether (sulfide) groups is 1. The van der Waals surface area contributed by atoms with Crippen molar-refractivity contribution >= 4 is 33.4 Å². The molecule has 5 nitrogen and oxygen atoms in total. The molecule has 1 atom stereocenters. The Morgan fingerprint density at radius 2 is 2.05 bits per heavy atom. The maximum absolute atomic E-state index is 5.79. The van der Waals surface area contributed by atoms with Crippen LogP contribution < -0.4 is 0 Å². The summed E-state index contributed by atoms with van der Waals surface area (Å²) in [4.78, 5) is 0. The molecule has 0 N–H and O–H groups in total. The van der Waals surface area contributed by atoms with Gasteiger partial charge in [-0.15, -0.1) is 10.2 Å². The van der Waals surface area contributed by atoms with Crippen molar-refractivity contribution in [1.29, 1.82) is 0 Å². The predicted molar refractivity (Wildman–Crippen MR) is 82.1 cm³/mol. The summed E-state index contributed by atoms with van der Waals surface area (Å²) in [7, 11) is 0. The Morgan fingerprint density at radius 1 is 1.30 bits per heavy atom. The van der Waals surface area contributed by atoms with Crippen molar-refractivity contribution in [3.8, 4) is 0 Å². The van der Waals surface area contributed by atoms with Crippen LogP contribution in [-0.2, 0) is 4.74 Å². The minimum absolute atomic E-state index is 0.155. The fourth-order valence-corrected chi connectivity index (χ4v) is 3.23. The molecule has 2 heterocycles. The monoisotopic (exact) mass is 352 g/mol. The largest absolute Gasteiger partial charge is 0.361 e. The molecule has 20 heavy (non-hydrogen) atoms. The molecule has 0 fully saturated rings. The van der Waals surface area contributed by atoms with Crippen LogP contribution in [0.5, 0.6) is 0 Å². The number of rotatable bonds is 3. The van der Waals surface area contributed by atoms with Crippen molar-refractivity contribution < 1.29 is 4.74 Å². The van der Waals surface area contributed by atoms with Gasteiger partial charge in [0.25, 0.3) is 0 Å². The zero-order valence-electron chi connectivity index (χ0n) is 11.1. The zero-order valence-corrected chi connectivity index (χ0v) is 13.5. The van der Waals surface area contributed by atoms with Crippen molar-refractivity contribution in [3.05, 3.63) is 40.1 Å². The Balaban J connectivity index is 2.06. The summed E-state index contributed by atoms with van der Waals surface area (Å²) in [5.41, 5.74) is 1.77. The molecule has 3 rings (SSSR count). The number of halogens is 1. The second-order valence-corrected chi connectivity index (χ2v) is 6.18. The van der Waals surface area contributed by atoms with Crippen molar-refractivity contribution in [1.82, 2.24) is 14.9 Å². The molecule has 1 aromatic heterocycles. The molecule has 0 saturated heterocycles. The van der Waals surface area contributed by atoms with E-state index in [1.807, 2.05) is 38.1 Å². The first-order chi connectivity index (χ1) is 9.69. The van der Waals surface area contributed by atoms with Gasteiger partial charge in [-0.05, 0) is 37.7 Å². The van der Waals surface area contributed by atoms with Crippen molar-refractivity contribution in [3.63, 3.8) is 0 Å². The third kappa shape index (κ3) is 2.53. The van der Waals surface area contributed by atoms with E-state index in [-0.39, 0.29) is 5.44 Å². The van der Waals surface area contributed by atoms with E-state index in [4.69, 9.17) is 4.74 Å². The van der Waals surface area contributed by atoms with Crippen LogP contribution in [0.2, 0.25) is 0 Å². The van der Waals surface area contributed by atoms with Gasteiger partial charge in [-0.2, -0.15) is 9.78 Å². The number of benzene rings is 1. The van der Waals surface area contributed by atoms with Gasteiger partial charge in [-0.3, -0.25) is 0 Å². The molecule has 2 aromatic rings. The van der Waals surface area contributed by atoms with Gasteiger partial charge in [0.15, 0.2) is 11.3 Å². The van der Waals surface area contributed by atoms with E-state index in [0.29, 0.717) is 6.61 Å². The Morgan fingerprint density at radius 3 is 2.75 bits per heavy atom. The summed E-state index contributed by atoms with van der Waals surface area (Å²) in [6, 6.07) is 8.06. The summed E-state index contributed by atoms with van der Waals surface area (Å²) in [6.45, 7) is 4.49. The third-order valence-electron chi connectivity index (χ3n) is 2.87. The zero-order chi connectivity index (χ0) is 14.1. The maximum atomic E-state index is 5.79. The molecule has 104 valence electrons. The molecule has 0 bridgehead atoms. The molecule has 0 unspecified atom stereocenters. The van der Waals surface area contributed by atoms with Gasteiger partial charge in [0, 0.05) is 16.6 Å². The molecular weight excluding hydrogens is 340 g/mol. The predicted octanol–water partition coefficient (Wildman–Crippen LogP) is 3.07. The van der Waals surface area contributed by atoms with Crippen LogP contribution in [0.15, 0.2) is 39.0 Å². The molecule has 0 saturated carbocycles. The highest BCUT2D eigenvalue weighted by Gasteiger charge is 2.28. The van der Waals surface area contributed by atoms with Crippen LogP contribution in [-0.4, -0.2) is 32.6 Å². The lowest BCUT2D eigenvalue weighted by Gasteiger charge is -2.22. The van der Waals surface area contributed by atoms with Gasteiger partial charge in [0.05, 0.1) is 0 Å². The molecule has 1 aromatic carbocycles. The van der Waals surface area contributed by atoms with Crippen molar-refractivity contribution in [2.45, 2.75) is 24.4 Å². The normalized spacial score (nSPS) is 17.8. The standard InChI is InChI=1S/C13H13BrN4OS/c1-3-19-12-11(9-4-6-10(14)7-5-9)17-18-8(2)15-16-13(18)20-12/h4-7,12H,3H2,1-2H3/t12-/m1/s1. The number of ether oxygens (including phenoxy) is 1. The maximum Gasteiger partial charge on any atom is 0.214 e. The molecular formula is C13H13BrN4OS. The first-order valence-corrected chi connectivity index (χ1v) is 7.91. The van der Waals surface area contributed by atoms with E-state index in [9.17, 15) is 0 Å². The Bertz CT molecular complexity index is 653. The van der Waals surface area contributed by atoms with Gasteiger partial charge in [0.2, 0.25) is 5.16 Å². The molecule has 0 amide bonds. The van der Waals surface area contributed by atoms with Crippen LogP contribution in [0.4, 0.5) is 0 Å². The second-order valence-electron chi connectivity index (χ2n) is 4.24. The highest BCUT2D eigenvalue weighted by Crippen LogP contribution is 2.31. The topological polar surface area (TPSA) is 52.3 Å². The van der Waals surface area contributed by atoms with Gasteiger partial charge in [-0.25, -0.2) is 0 Å². The molecule has 0 spiro atoms. The number of nitrogens with zero attached hydrogens (tertiary/aromatic N) is 4. The molecule has 1 aliphatic heterocycles. The smallest absolute Gasteiger partial charge is 0.214 e. The summed E-state index contributed by atoms with van der Waals surface area (Å²) in [5.74, 6) is 0.775. The molecule has 7 heteroatoms. The van der Waals surface area contributed by atoms with Gasteiger partial charge < -0.3 is 4.74 Å². The minimum Gasteiger partial charge on any atom is -0.361 e. The first-order valence-electron chi connectivity index (χ1n) is 6.24. The summed E-state index contributed by atoms with van der Waals surface area (Å²) >= 11 is 4.98. The fourth-order valence-electron chi connectivity index (χ4n) is 1.91. The van der Waals surface area contributed by atoms with E-state index in [2.05, 4.69) is 31.2 Å². The first kappa shape index (κ1) is 13.8. The highest BCUT2D eigenvalue weighted by atomic mass is 79.9. The number of aromatic nitrogens is 3. The Labute approximate surface area is 129 Å². The second kappa shape index (κ2) is 5.67. The molecule has 1 aliphatic rings. The number of fused-ring (bicyclic) bond motifs is 1. The quantitative estimate of drug-likeness (QED) is 0.851. The van der Waals surface area contributed by atoms with Crippen molar-refractivity contribution in [2.24, 2.45) is 5.10 Å². The SMILES string of the molecule is CCO[C@@H]1Sc2nnc(C)n2N=C1c1ccc(Br)cc1. The number of hydrogen-bond acceptors (Lipinski definition) is 5. The van der Waals surface area contributed by atoms with Crippen LogP contribution in [0.3, 0.4) is 0 Å². The van der Waals surface area contributed by atoms with Gasteiger partial charge in [-0.1, -0.05) is 28.1 Å². The molecule has 0 radical (unpaired) electrons.